The first-order chi connectivity index (χ1) is 9.54. The molecule has 1 heterocycles. The van der Waals surface area contributed by atoms with Crippen molar-refractivity contribution in [3.8, 4) is 5.75 Å². The van der Waals surface area contributed by atoms with Crippen molar-refractivity contribution >= 4 is 5.97 Å². The Bertz CT molecular complexity index is 573. The summed E-state index contributed by atoms with van der Waals surface area (Å²) in [5, 5.41) is 13.1. The van der Waals surface area contributed by atoms with Gasteiger partial charge < -0.3 is 9.84 Å². The van der Waals surface area contributed by atoms with Crippen LogP contribution in [0.3, 0.4) is 0 Å². The minimum absolute atomic E-state index is 0.0269. The molecule has 0 saturated carbocycles. The fourth-order valence-electron chi connectivity index (χ4n) is 1.78. The Morgan fingerprint density at radius 2 is 2.00 bits per heavy atom. The molecule has 0 spiro atoms. The molecule has 0 bridgehead atoms. The zero-order chi connectivity index (χ0) is 14.5. The van der Waals surface area contributed by atoms with E-state index in [1.165, 1.54) is 0 Å². The van der Waals surface area contributed by atoms with Gasteiger partial charge in [-0.15, -0.1) is 0 Å². The Balaban J connectivity index is 1.91. The van der Waals surface area contributed by atoms with Crippen molar-refractivity contribution in [1.29, 1.82) is 0 Å². The largest absolute Gasteiger partial charge is 0.487 e. The van der Waals surface area contributed by atoms with E-state index < -0.39 is 5.97 Å². The molecular formula is C15H18N2O3. The average molecular weight is 274 g/mol. The molecule has 0 unspecified atom stereocenters. The number of aliphatic carboxylic acids is 1. The van der Waals surface area contributed by atoms with Crippen LogP contribution >= 0.6 is 0 Å². The highest BCUT2D eigenvalue weighted by molar-refractivity contribution is 5.70. The highest BCUT2D eigenvalue weighted by Gasteiger charge is 2.04. The van der Waals surface area contributed by atoms with E-state index in [-0.39, 0.29) is 6.42 Å². The third-order valence-corrected chi connectivity index (χ3v) is 2.86. The third-order valence-electron chi connectivity index (χ3n) is 2.86. The van der Waals surface area contributed by atoms with E-state index in [0.717, 1.165) is 11.3 Å². The summed E-state index contributed by atoms with van der Waals surface area (Å²) in [5.41, 5.74) is 1.63. The standard InChI is InChI=1S/C15H18N2O3/c1-11(2)17-8-7-13(16-17)10-20-14-5-3-12(4-6-14)9-15(18)19/h3-8,11H,9-10H2,1-2H3,(H,18,19). The Morgan fingerprint density at radius 1 is 1.30 bits per heavy atom. The van der Waals surface area contributed by atoms with Crippen LogP contribution < -0.4 is 4.74 Å². The van der Waals surface area contributed by atoms with Gasteiger partial charge in [0.1, 0.15) is 12.4 Å². The first-order valence-corrected chi connectivity index (χ1v) is 6.52. The minimum atomic E-state index is -0.835. The molecule has 0 radical (unpaired) electrons. The number of carboxylic acid groups (broad SMARTS) is 1. The smallest absolute Gasteiger partial charge is 0.307 e. The quantitative estimate of drug-likeness (QED) is 0.879. The van der Waals surface area contributed by atoms with Crippen molar-refractivity contribution < 1.29 is 14.6 Å². The highest BCUT2D eigenvalue weighted by atomic mass is 16.5. The predicted octanol–water partition coefficient (Wildman–Crippen LogP) is 2.67. The van der Waals surface area contributed by atoms with Gasteiger partial charge in [-0.2, -0.15) is 5.10 Å². The van der Waals surface area contributed by atoms with E-state index in [4.69, 9.17) is 9.84 Å². The van der Waals surface area contributed by atoms with Gasteiger partial charge in [0.2, 0.25) is 0 Å². The van der Waals surface area contributed by atoms with Gasteiger partial charge in [0.05, 0.1) is 12.1 Å². The molecule has 2 aromatic rings. The van der Waals surface area contributed by atoms with Crippen LogP contribution in [0.25, 0.3) is 0 Å². The second-order valence-electron chi connectivity index (χ2n) is 4.88. The molecule has 1 aromatic heterocycles. The van der Waals surface area contributed by atoms with Crippen molar-refractivity contribution in [2.75, 3.05) is 0 Å². The lowest BCUT2D eigenvalue weighted by atomic mass is 10.1. The maximum atomic E-state index is 10.6. The molecule has 0 amide bonds. The van der Waals surface area contributed by atoms with Crippen LogP contribution in [0, 0.1) is 0 Å². The van der Waals surface area contributed by atoms with E-state index in [9.17, 15) is 4.79 Å². The van der Waals surface area contributed by atoms with Crippen LogP contribution in [0.2, 0.25) is 0 Å². The molecule has 106 valence electrons. The van der Waals surface area contributed by atoms with Gasteiger partial charge in [0.15, 0.2) is 0 Å². The summed E-state index contributed by atoms with van der Waals surface area (Å²) in [7, 11) is 0. The lowest BCUT2D eigenvalue weighted by Crippen LogP contribution is -2.03. The van der Waals surface area contributed by atoms with E-state index in [0.29, 0.717) is 18.4 Å². The first-order valence-electron chi connectivity index (χ1n) is 6.52. The first kappa shape index (κ1) is 14.1. The molecule has 5 heteroatoms. The van der Waals surface area contributed by atoms with Crippen molar-refractivity contribution in [2.24, 2.45) is 0 Å². The number of benzene rings is 1. The zero-order valence-electron chi connectivity index (χ0n) is 11.6. The molecule has 0 aliphatic heterocycles. The summed E-state index contributed by atoms with van der Waals surface area (Å²) in [4.78, 5) is 10.6. The van der Waals surface area contributed by atoms with E-state index in [1.54, 1.807) is 24.3 Å². The summed E-state index contributed by atoms with van der Waals surface area (Å²) in [6.07, 6.45) is 1.96. The van der Waals surface area contributed by atoms with Crippen LogP contribution in [0.15, 0.2) is 36.5 Å². The summed E-state index contributed by atoms with van der Waals surface area (Å²) < 4.78 is 7.51. The normalized spacial score (nSPS) is 10.8. The van der Waals surface area contributed by atoms with Gasteiger partial charge in [-0.1, -0.05) is 12.1 Å². The highest BCUT2D eigenvalue weighted by Crippen LogP contribution is 2.14. The Kier molecular flexibility index (Phi) is 4.40. The summed E-state index contributed by atoms with van der Waals surface area (Å²) >= 11 is 0. The Labute approximate surface area is 117 Å². The van der Waals surface area contributed by atoms with Crippen molar-refractivity contribution in [1.82, 2.24) is 9.78 Å². The summed E-state index contributed by atoms with van der Waals surface area (Å²) in [6, 6.07) is 9.33. The fraction of sp³-hybridized carbons (Fsp3) is 0.333. The van der Waals surface area contributed by atoms with Gasteiger partial charge in [0, 0.05) is 12.2 Å². The molecule has 2 rings (SSSR count). The summed E-state index contributed by atoms with van der Waals surface area (Å²) in [5.74, 6) is -0.129. The SMILES string of the molecule is CC(C)n1ccc(COc2ccc(CC(=O)O)cc2)n1. The number of carboxylic acids is 1. The van der Waals surface area contributed by atoms with Crippen molar-refractivity contribution in [3.05, 3.63) is 47.8 Å². The van der Waals surface area contributed by atoms with Gasteiger partial charge >= 0.3 is 5.97 Å². The van der Waals surface area contributed by atoms with Crippen molar-refractivity contribution in [3.63, 3.8) is 0 Å². The number of carbonyl (C=O) groups is 1. The molecule has 0 atom stereocenters. The van der Waals surface area contributed by atoms with E-state index >= 15 is 0 Å². The molecule has 5 nitrogen and oxygen atoms in total. The molecule has 1 aromatic carbocycles. The van der Waals surface area contributed by atoms with Crippen LogP contribution in [0.1, 0.15) is 31.1 Å². The van der Waals surface area contributed by atoms with Gasteiger partial charge in [-0.25, -0.2) is 0 Å². The van der Waals surface area contributed by atoms with Crippen LogP contribution in [0.4, 0.5) is 0 Å². The molecule has 0 fully saturated rings. The van der Waals surface area contributed by atoms with Crippen LogP contribution in [-0.2, 0) is 17.8 Å². The van der Waals surface area contributed by atoms with Crippen LogP contribution in [-0.4, -0.2) is 20.9 Å². The van der Waals surface area contributed by atoms with Crippen molar-refractivity contribution in [2.45, 2.75) is 32.9 Å². The molecule has 20 heavy (non-hydrogen) atoms. The van der Waals surface area contributed by atoms with Gasteiger partial charge in [-0.3, -0.25) is 9.48 Å². The topological polar surface area (TPSA) is 64.3 Å². The number of ether oxygens (including phenoxy) is 1. The monoisotopic (exact) mass is 274 g/mol. The average Bonchev–Trinajstić information content (AvgIpc) is 2.86. The molecular weight excluding hydrogens is 256 g/mol. The second kappa shape index (κ2) is 6.23. The second-order valence-corrected chi connectivity index (χ2v) is 4.88. The number of hydrogen-bond donors (Lipinski definition) is 1. The predicted molar refractivity (Wildman–Crippen MR) is 74.7 cm³/mol. The van der Waals surface area contributed by atoms with Gasteiger partial charge in [0.25, 0.3) is 0 Å². The third kappa shape index (κ3) is 3.85. The lowest BCUT2D eigenvalue weighted by molar-refractivity contribution is -0.136. The number of aromatic nitrogens is 2. The maximum Gasteiger partial charge on any atom is 0.307 e. The molecule has 0 aliphatic rings. The molecule has 0 saturated heterocycles. The van der Waals surface area contributed by atoms with Gasteiger partial charge in [-0.05, 0) is 37.6 Å². The van der Waals surface area contributed by atoms with E-state index in [2.05, 4.69) is 18.9 Å². The lowest BCUT2D eigenvalue weighted by Gasteiger charge is -2.06. The Hall–Kier alpha value is -2.30. The van der Waals surface area contributed by atoms with Crippen LogP contribution in [0.5, 0.6) is 5.75 Å². The van der Waals surface area contributed by atoms with E-state index in [1.807, 2.05) is 16.9 Å². The number of rotatable bonds is 6. The summed E-state index contributed by atoms with van der Waals surface area (Å²) in [6.45, 7) is 4.54. The fourth-order valence-corrected chi connectivity index (χ4v) is 1.78. The zero-order valence-corrected chi connectivity index (χ0v) is 11.6. The Morgan fingerprint density at radius 3 is 2.55 bits per heavy atom. The molecule has 0 aliphatic carbocycles. The minimum Gasteiger partial charge on any atom is -0.487 e. The number of nitrogens with zero attached hydrogens (tertiary/aromatic N) is 2. The maximum absolute atomic E-state index is 10.6. The number of hydrogen-bond acceptors (Lipinski definition) is 3. The molecule has 1 N–H and O–H groups in total.